The van der Waals surface area contributed by atoms with Crippen LogP contribution >= 0.6 is 0 Å². The highest BCUT2D eigenvalue weighted by atomic mass is 16.4. The average Bonchev–Trinajstić information content (AvgIpc) is 3.16. The summed E-state index contributed by atoms with van der Waals surface area (Å²) in [4.78, 5) is 25.5. The van der Waals surface area contributed by atoms with Crippen LogP contribution in [0.5, 0.6) is 0 Å². The first kappa shape index (κ1) is 26.4. The van der Waals surface area contributed by atoms with Crippen LogP contribution in [0.4, 0.5) is 0 Å². The number of allylic oxidation sites excluding steroid dienone is 1. The van der Waals surface area contributed by atoms with Crippen LogP contribution in [0, 0.1) is 40.4 Å². The highest BCUT2D eigenvalue weighted by molar-refractivity contribution is 5.85. The van der Waals surface area contributed by atoms with Gasteiger partial charge < -0.3 is 20.6 Å². The summed E-state index contributed by atoms with van der Waals surface area (Å²) in [6.45, 7) is 6.44. The van der Waals surface area contributed by atoms with Crippen LogP contribution in [-0.4, -0.2) is 45.4 Å². The largest absolute Gasteiger partial charge is 0.480 e. The van der Waals surface area contributed by atoms with E-state index < -0.39 is 18.1 Å². The second-order valence-corrected chi connectivity index (χ2v) is 12.9. The van der Waals surface area contributed by atoms with Gasteiger partial charge in [0.05, 0.1) is 18.6 Å². The minimum absolute atomic E-state index is 0.0952. The van der Waals surface area contributed by atoms with E-state index in [-0.39, 0.29) is 41.1 Å². The number of fused-ring (bicyclic) bond motifs is 5. The van der Waals surface area contributed by atoms with Gasteiger partial charge >= 0.3 is 5.97 Å². The molecule has 1 aromatic rings. The Bertz CT molecular complexity index is 1050. The molecule has 4 aliphatic carbocycles. The zero-order chi connectivity index (χ0) is 26.5. The van der Waals surface area contributed by atoms with E-state index >= 15 is 0 Å². The molecule has 0 aromatic heterocycles. The van der Waals surface area contributed by atoms with Gasteiger partial charge in [-0.15, -0.1) is 0 Å². The van der Waals surface area contributed by atoms with Crippen molar-refractivity contribution in [1.29, 1.82) is 0 Å². The number of nitrogens with one attached hydrogen (secondary N) is 1. The lowest BCUT2D eigenvalue weighted by Crippen LogP contribution is -2.52. The molecule has 3 saturated carbocycles. The Hall–Kier alpha value is -2.18. The van der Waals surface area contributed by atoms with Crippen LogP contribution in [0.25, 0.3) is 0 Å². The van der Waals surface area contributed by atoms with Gasteiger partial charge in [0, 0.05) is 0 Å². The molecule has 6 heteroatoms. The SMILES string of the molecule is CC(O)[C@H]1C(C(NC(=O)Cc2ccccc2)C(=O)O)C[C@H]2[C@@H]3CC=C4CC(O)CC[C@]4(C)[C@H]3CC[C@]12C. The fourth-order valence-electron chi connectivity index (χ4n) is 9.39. The molecule has 0 aliphatic heterocycles. The number of hydrogen-bond acceptors (Lipinski definition) is 4. The average molecular weight is 510 g/mol. The van der Waals surface area contributed by atoms with E-state index in [4.69, 9.17) is 0 Å². The molecule has 6 nitrogen and oxygen atoms in total. The van der Waals surface area contributed by atoms with Crippen molar-refractivity contribution in [2.24, 2.45) is 40.4 Å². The Morgan fingerprint density at radius 3 is 2.51 bits per heavy atom. The molecule has 4 N–H and O–H groups in total. The summed E-state index contributed by atoms with van der Waals surface area (Å²) in [5.41, 5.74) is 2.18. The maximum atomic E-state index is 12.9. The van der Waals surface area contributed by atoms with E-state index in [2.05, 4.69) is 25.2 Å². The summed E-state index contributed by atoms with van der Waals surface area (Å²) in [5.74, 6) is -0.578. The number of hydrogen-bond donors (Lipinski definition) is 4. The van der Waals surface area contributed by atoms with Gasteiger partial charge in [0.2, 0.25) is 5.91 Å². The van der Waals surface area contributed by atoms with Crippen LogP contribution in [-0.2, 0) is 16.0 Å². The number of benzene rings is 1. The number of carboxylic acid groups (broad SMARTS) is 1. The van der Waals surface area contributed by atoms with Crippen LogP contribution in [0.1, 0.15) is 71.3 Å². The summed E-state index contributed by atoms with van der Waals surface area (Å²) in [6.07, 6.45) is 7.92. The highest BCUT2D eigenvalue weighted by Gasteiger charge is 2.63. The van der Waals surface area contributed by atoms with Crippen molar-refractivity contribution in [2.45, 2.75) is 90.4 Å². The van der Waals surface area contributed by atoms with Crippen molar-refractivity contribution in [3.8, 4) is 0 Å². The molecule has 0 saturated heterocycles. The molecule has 5 rings (SSSR count). The molecular weight excluding hydrogens is 466 g/mol. The fourth-order valence-corrected chi connectivity index (χ4v) is 9.39. The Balaban J connectivity index is 1.42. The zero-order valence-electron chi connectivity index (χ0n) is 22.4. The number of carbonyl (C=O) groups is 2. The second-order valence-electron chi connectivity index (χ2n) is 12.9. The number of aliphatic hydroxyl groups is 2. The quantitative estimate of drug-likeness (QED) is 0.427. The molecular formula is C31H43NO5. The van der Waals surface area contributed by atoms with Crippen molar-refractivity contribution >= 4 is 11.9 Å². The van der Waals surface area contributed by atoms with E-state index in [0.717, 1.165) is 44.1 Å². The number of carbonyl (C=O) groups excluding carboxylic acids is 1. The molecule has 1 amide bonds. The lowest BCUT2D eigenvalue weighted by atomic mass is 9.47. The van der Waals surface area contributed by atoms with Gasteiger partial charge in [-0.3, -0.25) is 4.79 Å². The molecule has 0 radical (unpaired) electrons. The first-order chi connectivity index (χ1) is 17.5. The summed E-state index contributed by atoms with van der Waals surface area (Å²) in [7, 11) is 0. The van der Waals surface area contributed by atoms with Gasteiger partial charge in [-0.05, 0) is 97.9 Å². The predicted octanol–water partition coefficient (Wildman–Crippen LogP) is 4.35. The molecule has 0 spiro atoms. The number of carboxylic acids is 1. The first-order valence-corrected chi connectivity index (χ1v) is 14.2. The first-order valence-electron chi connectivity index (χ1n) is 14.2. The summed E-state index contributed by atoms with van der Waals surface area (Å²) in [6, 6.07) is 8.35. The number of aliphatic hydroxyl groups excluding tert-OH is 2. The van der Waals surface area contributed by atoms with Gasteiger partial charge in [0.25, 0.3) is 0 Å². The summed E-state index contributed by atoms with van der Waals surface area (Å²) in [5, 5.41) is 34.5. The summed E-state index contributed by atoms with van der Waals surface area (Å²) >= 11 is 0. The number of aliphatic carboxylic acids is 1. The number of amides is 1. The van der Waals surface area contributed by atoms with Crippen LogP contribution in [0.2, 0.25) is 0 Å². The van der Waals surface area contributed by atoms with Crippen molar-refractivity contribution in [3.05, 3.63) is 47.5 Å². The van der Waals surface area contributed by atoms with E-state index in [1.807, 2.05) is 30.3 Å². The van der Waals surface area contributed by atoms with E-state index in [0.29, 0.717) is 24.2 Å². The van der Waals surface area contributed by atoms with E-state index in [9.17, 15) is 24.9 Å². The number of rotatable bonds is 6. The summed E-state index contributed by atoms with van der Waals surface area (Å²) < 4.78 is 0. The monoisotopic (exact) mass is 509 g/mol. The van der Waals surface area contributed by atoms with Crippen LogP contribution in [0.15, 0.2) is 42.0 Å². The highest BCUT2D eigenvalue weighted by Crippen LogP contribution is 2.68. The maximum Gasteiger partial charge on any atom is 0.326 e. The van der Waals surface area contributed by atoms with Gasteiger partial charge in [-0.1, -0.05) is 55.8 Å². The molecule has 10 atom stereocenters. The van der Waals surface area contributed by atoms with Crippen molar-refractivity contribution < 1.29 is 24.9 Å². The minimum atomic E-state index is -1.02. The topological polar surface area (TPSA) is 107 Å². The lowest BCUT2D eigenvalue weighted by molar-refractivity contribution is -0.145. The fraction of sp³-hybridized carbons (Fsp3) is 0.677. The van der Waals surface area contributed by atoms with Gasteiger partial charge in [0.15, 0.2) is 0 Å². The Morgan fingerprint density at radius 2 is 1.84 bits per heavy atom. The minimum Gasteiger partial charge on any atom is -0.480 e. The third kappa shape index (κ3) is 4.54. The Kier molecular flexibility index (Phi) is 7.03. The van der Waals surface area contributed by atoms with Gasteiger partial charge in [-0.2, -0.15) is 0 Å². The molecule has 37 heavy (non-hydrogen) atoms. The molecule has 0 heterocycles. The third-order valence-corrected chi connectivity index (χ3v) is 11.0. The molecule has 0 bridgehead atoms. The van der Waals surface area contributed by atoms with Crippen LogP contribution < -0.4 is 5.32 Å². The van der Waals surface area contributed by atoms with Crippen molar-refractivity contribution in [2.75, 3.05) is 0 Å². The molecule has 1 aromatic carbocycles. The molecule has 3 fully saturated rings. The Morgan fingerprint density at radius 1 is 1.11 bits per heavy atom. The Labute approximate surface area is 220 Å². The molecule has 4 aliphatic rings. The van der Waals surface area contributed by atoms with E-state index in [1.165, 1.54) is 5.57 Å². The van der Waals surface area contributed by atoms with Crippen molar-refractivity contribution in [1.82, 2.24) is 5.32 Å². The maximum absolute atomic E-state index is 12.9. The van der Waals surface area contributed by atoms with E-state index in [1.54, 1.807) is 6.92 Å². The lowest BCUT2D eigenvalue weighted by Gasteiger charge is -2.58. The van der Waals surface area contributed by atoms with Gasteiger partial charge in [0.1, 0.15) is 6.04 Å². The zero-order valence-corrected chi connectivity index (χ0v) is 22.4. The standard InChI is InChI=1S/C31H43NO5/c1-18(33)27-23(28(29(36)37)32-26(35)15-19-7-5-4-6-8-19)17-25-22-10-9-20-16-21(34)11-13-30(20,2)24(22)12-14-31(25,27)3/h4-9,18,21-25,27-28,33-34H,10-17H2,1-3H3,(H,32,35)(H,36,37)/t18?,21?,22-,23?,24+,25+,27+,28?,30+,31+/m1/s1. The predicted molar refractivity (Wildman–Crippen MR) is 141 cm³/mol. The normalized spacial score (nSPS) is 40.4. The third-order valence-electron chi connectivity index (χ3n) is 11.0. The van der Waals surface area contributed by atoms with Crippen LogP contribution in [0.3, 0.4) is 0 Å². The smallest absolute Gasteiger partial charge is 0.326 e. The molecule has 4 unspecified atom stereocenters. The molecule has 202 valence electrons. The van der Waals surface area contributed by atoms with Crippen molar-refractivity contribution in [3.63, 3.8) is 0 Å². The second kappa shape index (κ2) is 9.85. The van der Waals surface area contributed by atoms with Gasteiger partial charge in [-0.25, -0.2) is 4.79 Å².